The third-order valence-corrected chi connectivity index (χ3v) is 3.58. The molecule has 1 aromatic heterocycles. The fourth-order valence-corrected chi connectivity index (χ4v) is 2.66. The molecule has 0 bridgehead atoms. The molecule has 0 aliphatic carbocycles. The molecule has 0 atom stereocenters. The summed E-state index contributed by atoms with van der Waals surface area (Å²) in [6.45, 7) is 2.97. The van der Waals surface area contributed by atoms with Gasteiger partial charge in [0.15, 0.2) is 0 Å². The topological polar surface area (TPSA) is 12.0 Å². The maximum absolute atomic E-state index is 3.55. The first-order chi connectivity index (χ1) is 7.25. The quantitative estimate of drug-likeness (QED) is 0.878. The maximum Gasteiger partial charge on any atom is 0.0487 e. The lowest BCUT2D eigenvalue weighted by Gasteiger charge is -2.08. The first-order valence-corrected chi connectivity index (χ1v) is 6.50. The van der Waals surface area contributed by atoms with Crippen molar-refractivity contribution >= 4 is 33.0 Å². The van der Waals surface area contributed by atoms with Crippen LogP contribution < -0.4 is 5.32 Å². The Bertz CT molecular complexity index is 437. The first-order valence-electron chi connectivity index (χ1n) is 4.77. The van der Waals surface area contributed by atoms with Crippen LogP contribution in [0.3, 0.4) is 0 Å². The molecule has 0 saturated heterocycles. The summed E-state index contributed by atoms with van der Waals surface area (Å²) in [4.78, 5) is 0. The van der Waals surface area contributed by atoms with E-state index >= 15 is 0 Å². The van der Waals surface area contributed by atoms with Crippen molar-refractivity contribution in [3.05, 3.63) is 50.6 Å². The number of anilines is 1. The number of nitrogens with one attached hydrogen (secondary N) is 1. The van der Waals surface area contributed by atoms with E-state index in [2.05, 4.69) is 63.2 Å². The largest absolute Gasteiger partial charge is 0.380 e. The van der Waals surface area contributed by atoms with E-state index in [1.807, 2.05) is 0 Å². The second kappa shape index (κ2) is 4.81. The summed E-state index contributed by atoms with van der Waals surface area (Å²) in [6.07, 6.45) is 0. The monoisotopic (exact) mass is 281 g/mol. The maximum atomic E-state index is 3.55. The summed E-state index contributed by atoms with van der Waals surface area (Å²) in [7, 11) is 0. The fraction of sp³-hybridized carbons (Fsp3) is 0.167. The summed E-state index contributed by atoms with van der Waals surface area (Å²) in [5, 5.41) is 7.66. The van der Waals surface area contributed by atoms with Crippen LogP contribution in [0.2, 0.25) is 0 Å². The molecule has 15 heavy (non-hydrogen) atoms. The molecule has 1 aromatic carbocycles. The van der Waals surface area contributed by atoms with Crippen LogP contribution in [0.25, 0.3) is 0 Å². The van der Waals surface area contributed by atoms with Crippen molar-refractivity contribution < 1.29 is 0 Å². The molecule has 2 rings (SSSR count). The zero-order valence-corrected chi connectivity index (χ0v) is 10.9. The number of aryl methyl sites for hydroxylation is 1. The normalized spacial score (nSPS) is 10.3. The summed E-state index contributed by atoms with van der Waals surface area (Å²) in [5.74, 6) is 0. The highest BCUT2D eigenvalue weighted by atomic mass is 79.9. The molecule has 0 aliphatic heterocycles. The average Bonchev–Trinajstić information content (AvgIpc) is 2.69. The minimum absolute atomic E-state index is 0.880. The standard InChI is InChI=1S/C12H12BrNS/c1-9-2-3-12(11(13)6-9)14-7-10-4-5-15-8-10/h2-6,8,14H,7H2,1H3. The Morgan fingerprint density at radius 1 is 1.33 bits per heavy atom. The van der Waals surface area contributed by atoms with Gasteiger partial charge in [-0.05, 0) is 62.9 Å². The van der Waals surface area contributed by atoms with Crippen LogP contribution in [0.1, 0.15) is 11.1 Å². The van der Waals surface area contributed by atoms with E-state index < -0.39 is 0 Å². The lowest BCUT2D eigenvalue weighted by atomic mass is 10.2. The lowest BCUT2D eigenvalue weighted by Crippen LogP contribution is -1.98. The molecule has 0 spiro atoms. The van der Waals surface area contributed by atoms with E-state index in [4.69, 9.17) is 0 Å². The lowest BCUT2D eigenvalue weighted by molar-refractivity contribution is 1.16. The number of benzene rings is 1. The number of hydrogen-bond donors (Lipinski definition) is 1. The number of thiophene rings is 1. The van der Waals surface area contributed by atoms with Gasteiger partial charge in [0, 0.05) is 16.7 Å². The highest BCUT2D eigenvalue weighted by molar-refractivity contribution is 9.10. The summed E-state index contributed by atoms with van der Waals surface area (Å²) in [6, 6.07) is 8.47. The van der Waals surface area contributed by atoms with E-state index in [-0.39, 0.29) is 0 Å². The van der Waals surface area contributed by atoms with Crippen molar-refractivity contribution in [2.75, 3.05) is 5.32 Å². The number of hydrogen-bond acceptors (Lipinski definition) is 2. The van der Waals surface area contributed by atoms with Crippen LogP contribution in [0.15, 0.2) is 39.5 Å². The molecule has 0 radical (unpaired) electrons. The SMILES string of the molecule is Cc1ccc(NCc2ccsc2)c(Br)c1. The van der Waals surface area contributed by atoms with Gasteiger partial charge in [-0.15, -0.1) is 0 Å². The fourth-order valence-electron chi connectivity index (χ4n) is 1.35. The van der Waals surface area contributed by atoms with Gasteiger partial charge in [0.1, 0.15) is 0 Å². The Kier molecular flexibility index (Phi) is 3.44. The minimum Gasteiger partial charge on any atom is -0.380 e. The molecular weight excluding hydrogens is 270 g/mol. The third-order valence-electron chi connectivity index (χ3n) is 2.19. The molecule has 1 heterocycles. The van der Waals surface area contributed by atoms with E-state index in [0.717, 1.165) is 16.7 Å². The highest BCUT2D eigenvalue weighted by Crippen LogP contribution is 2.24. The van der Waals surface area contributed by atoms with E-state index in [1.54, 1.807) is 11.3 Å². The number of rotatable bonds is 3. The van der Waals surface area contributed by atoms with Crippen LogP contribution in [0.5, 0.6) is 0 Å². The van der Waals surface area contributed by atoms with Gasteiger partial charge in [0.25, 0.3) is 0 Å². The molecule has 0 unspecified atom stereocenters. The van der Waals surface area contributed by atoms with Crippen molar-refractivity contribution in [2.45, 2.75) is 13.5 Å². The molecule has 1 N–H and O–H groups in total. The Morgan fingerprint density at radius 3 is 2.87 bits per heavy atom. The van der Waals surface area contributed by atoms with Gasteiger partial charge in [-0.2, -0.15) is 11.3 Å². The Morgan fingerprint density at radius 2 is 2.20 bits per heavy atom. The molecular formula is C12H12BrNS. The molecule has 1 nitrogen and oxygen atoms in total. The van der Waals surface area contributed by atoms with E-state index in [9.17, 15) is 0 Å². The molecule has 0 fully saturated rings. The molecule has 0 amide bonds. The summed E-state index contributed by atoms with van der Waals surface area (Å²) < 4.78 is 1.12. The van der Waals surface area contributed by atoms with Crippen molar-refractivity contribution in [1.29, 1.82) is 0 Å². The molecule has 2 aromatic rings. The Labute approximate surface area is 102 Å². The van der Waals surface area contributed by atoms with Gasteiger partial charge in [-0.1, -0.05) is 6.07 Å². The first kappa shape index (κ1) is 10.7. The van der Waals surface area contributed by atoms with Gasteiger partial charge in [-0.25, -0.2) is 0 Å². The van der Waals surface area contributed by atoms with Gasteiger partial charge in [0.2, 0.25) is 0 Å². The predicted molar refractivity (Wildman–Crippen MR) is 70.5 cm³/mol. The van der Waals surface area contributed by atoms with Gasteiger partial charge < -0.3 is 5.32 Å². The van der Waals surface area contributed by atoms with Crippen molar-refractivity contribution in [3.8, 4) is 0 Å². The van der Waals surface area contributed by atoms with E-state index in [0.29, 0.717) is 0 Å². The second-order valence-electron chi connectivity index (χ2n) is 3.47. The molecule has 0 saturated carbocycles. The summed E-state index contributed by atoms with van der Waals surface area (Å²) in [5.41, 5.74) is 3.74. The number of halogens is 1. The molecule has 3 heteroatoms. The average molecular weight is 282 g/mol. The summed E-state index contributed by atoms with van der Waals surface area (Å²) >= 11 is 5.28. The zero-order valence-electron chi connectivity index (χ0n) is 8.46. The molecule has 0 aliphatic rings. The predicted octanol–water partition coefficient (Wildman–Crippen LogP) is 4.43. The van der Waals surface area contributed by atoms with Crippen LogP contribution in [-0.4, -0.2) is 0 Å². The van der Waals surface area contributed by atoms with Gasteiger partial charge >= 0.3 is 0 Å². The van der Waals surface area contributed by atoms with E-state index in [1.165, 1.54) is 11.1 Å². The highest BCUT2D eigenvalue weighted by Gasteiger charge is 1.99. The second-order valence-corrected chi connectivity index (χ2v) is 5.10. The van der Waals surface area contributed by atoms with Crippen LogP contribution in [0.4, 0.5) is 5.69 Å². The van der Waals surface area contributed by atoms with Gasteiger partial charge in [0.05, 0.1) is 0 Å². The minimum atomic E-state index is 0.880. The smallest absolute Gasteiger partial charge is 0.0487 e. The van der Waals surface area contributed by atoms with Crippen LogP contribution >= 0.6 is 27.3 Å². The van der Waals surface area contributed by atoms with Crippen molar-refractivity contribution in [3.63, 3.8) is 0 Å². The van der Waals surface area contributed by atoms with Crippen molar-refractivity contribution in [1.82, 2.24) is 0 Å². The van der Waals surface area contributed by atoms with Crippen molar-refractivity contribution in [2.24, 2.45) is 0 Å². The van der Waals surface area contributed by atoms with Gasteiger partial charge in [-0.3, -0.25) is 0 Å². The van der Waals surface area contributed by atoms with Crippen LogP contribution in [0, 0.1) is 6.92 Å². The third kappa shape index (κ3) is 2.83. The zero-order chi connectivity index (χ0) is 10.7. The van der Waals surface area contributed by atoms with Crippen LogP contribution in [-0.2, 0) is 6.54 Å². The Balaban J connectivity index is 2.05. The Hall–Kier alpha value is -0.800. The molecule has 78 valence electrons.